The lowest BCUT2D eigenvalue weighted by molar-refractivity contribution is -0.115. The zero-order valence-corrected chi connectivity index (χ0v) is 13.6. The average molecular weight is 329 g/mol. The highest BCUT2D eigenvalue weighted by Crippen LogP contribution is 2.18. The largest absolute Gasteiger partial charge is 0.489 e. The van der Waals surface area contributed by atoms with E-state index in [0.29, 0.717) is 12.3 Å². The summed E-state index contributed by atoms with van der Waals surface area (Å²) in [5.74, 6) is 0.543. The van der Waals surface area contributed by atoms with Crippen molar-refractivity contribution in [2.24, 2.45) is 5.73 Å². The molecule has 0 aliphatic heterocycles. The standard InChI is InChI=1S/C17H19N3O2S/c1-12(23-17(18)19)16(21)20-14-7-9-15(10-8-14)22-11-13-5-3-2-4-6-13/h2-10,12H,11H2,1H3,(H3,18,19)(H,20,21)/t12-/m0/s1. The first kappa shape index (κ1) is 16.9. The number of amides is 1. The number of hydrogen-bond donors (Lipinski definition) is 3. The summed E-state index contributed by atoms with van der Waals surface area (Å²) in [5.41, 5.74) is 7.05. The van der Waals surface area contributed by atoms with E-state index in [1.54, 1.807) is 31.2 Å². The second kappa shape index (κ2) is 8.24. The highest BCUT2D eigenvalue weighted by molar-refractivity contribution is 8.14. The normalized spacial score (nSPS) is 11.5. The van der Waals surface area contributed by atoms with Crippen molar-refractivity contribution in [2.75, 3.05) is 5.32 Å². The minimum atomic E-state index is -0.415. The van der Waals surface area contributed by atoms with E-state index in [4.69, 9.17) is 15.9 Å². The van der Waals surface area contributed by atoms with Gasteiger partial charge in [0.1, 0.15) is 12.4 Å². The lowest BCUT2D eigenvalue weighted by Crippen LogP contribution is -2.25. The molecule has 0 aromatic heterocycles. The molecule has 0 spiro atoms. The zero-order chi connectivity index (χ0) is 16.7. The Morgan fingerprint density at radius 1 is 1.22 bits per heavy atom. The van der Waals surface area contributed by atoms with Gasteiger partial charge in [0.05, 0.1) is 5.25 Å². The van der Waals surface area contributed by atoms with Crippen molar-refractivity contribution in [3.05, 3.63) is 60.2 Å². The fourth-order valence-electron chi connectivity index (χ4n) is 1.86. The molecule has 0 saturated carbocycles. The van der Waals surface area contributed by atoms with Crippen LogP contribution in [0.4, 0.5) is 5.69 Å². The zero-order valence-electron chi connectivity index (χ0n) is 12.8. The van der Waals surface area contributed by atoms with Crippen LogP contribution in [0.25, 0.3) is 0 Å². The molecule has 6 heteroatoms. The summed E-state index contributed by atoms with van der Waals surface area (Å²) >= 11 is 1.02. The maximum atomic E-state index is 11.9. The number of amidine groups is 1. The lowest BCUT2D eigenvalue weighted by Gasteiger charge is -2.11. The topological polar surface area (TPSA) is 88.2 Å². The molecule has 2 aromatic rings. The van der Waals surface area contributed by atoms with Crippen molar-refractivity contribution in [2.45, 2.75) is 18.8 Å². The number of anilines is 1. The minimum Gasteiger partial charge on any atom is -0.489 e. The summed E-state index contributed by atoms with van der Waals surface area (Å²) < 4.78 is 5.69. The van der Waals surface area contributed by atoms with E-state index in [9.17, 15) is 4.79 Å². The molecule has 23 heavy (non-hydrogen) atoms. The number of nitrogens with one attached hydrogen (secondary N) is 2. The van der Waals surface area contributed by atoms with Crippen LogP contribution in [-0.4, -0.2) is 16.3 Å². The first-order chi connectivity index (χ1) is 11.0. The van der Waals surface area contributed by atoms with Gasteiger partial charge >= 0.3 is 0 Å². The molecule has 1 amide bonds. The van der Waals surface area contributed by atoms with E-state index >= 15 is 0 Å². The van der Waals surface area contributed by atoms with Crippen LogP contribution >= 0.6 is 11.8 Å². The van der Waals surface area contributed by atoms with Crippen molar-refractivity contribution in [3.63, 3.8) is 0 Å². The van der Waals surface area contributed by atoms with E-state index in [-0.39, 0.29) is 11.1 Å². The van der Waals surface area contributed by atoms with E-state index < -0.39 is 5.25 Å². The van der Waals surface area contributed by atoms with Crippen LogP contribution in [0, 0.1) is 5.41 Å². The van der Waals surface area contributed by atoms with Gasteiger partial charge in [-0.25, -0.2) is 0 Å². The van der Waals surface area contributed by atoms with Gasteiger partial charge in [-0.05, 0) is 36.8 Å². The Bertz CT molecular complexity index is 659. The molecule has 2 aromatic carbocycles. The van der Waals surface area contributed by atoms with Crippen molar-refractivity contribution in [3.8, 4) is 5.75 Å². The van der Waals surface area contributed by atoms with E-state index in [0.717, 1.165) is 23.1 Å². The summed E-state index contributed by atoms with van der Waals surface area (Å²) in [5, 5.41) is 9.48. The van der Waals surface area contributed by atoms with Crippen LogP contribution in [0.15, 0.2) is 54.6 Å². The van der Waals surface area contributed by atoms with Gasteiger partial charge in [0.15, 0.2) is 5.17 Å². The number of carbonyl (C=O) groups excluding carboxylic acids is 1. The molecule has 5 nitrogen and oxygen atoms in total. The summed E-state index contributed by atoms with van der Waals surface area (Å²) in [7, 11) is 0. The molecule has 0 saturated heterocycles. The highest BCUT2D eigenvalue weighted by atomic mass is 32.2. The second-order valence-electron chi connectivity index (χ2n) is 4.91. The maximum Gasteiger partial charge on any atom is 0.237 e. The number of nitrogens with two attached hydrogens (primary N) is 1. The Balaban J connectivity index is 1.87. The Labute approximate surface area is 139 Å². The number of benzene rings is 2. The monoisotopic (exact) mass is 329 g/mol. The van der Waals surface area contributed by atoms with E-state index in [2.05, 4.69) is 5.32 Å². The minimum absolute atomic E-state index is 0.0719. The smallest absolute Gasteiger partial charge is 0.237 e. The summed E-state index contributed by atoms with van der Waals surface area (Å²) in [6, 6.07) is 17.1. The number of ether oxygens (including phenoxy) is 1. The van der Waals surface area contributed by atoms with Gasteiger partial charge in [0, 0.05) is 5.69 Å². The Kier molecular flexibility index (Phi) is 6.05. The van der Waals surface area contributed by atoms with Gasteiger partial charge in [-0.2, -0.15) is 0 Å². The van der Waals surface area contributed by atoms with Crippen molar-refractivity contribution < 1.29 is 9.53 Å². The molecule has 2 rings (SSSR count). The average Bonchev–Trinajstić information content (AvgIpc) is 2.54. The van der Waals surface area contributed by atoms with Crippen LogP contribution in [0.5, 0.6) is 5.75 Å². The van der Waals surface area contributed by atoms with Gasteiger partial charge in [0.2, 0.25) is 5.91 Å². The quantitative estimate of drug-likeness (QED) is 0.561. The molecule has 0 aliphatic rings. The van der Waals surface area contributed by atoms with E-state index in [1.165, 1.54) is 0 Å². The van der Waals surface area contributed by atoms with Gasteiger partial charge in [-0.3, -0.25) is 10.2 Å². The van der Waals surface area contributed by atoms with Crippen LogP contribution in [-0.2, 0) is 11.4 Å². The fraction of sp³-hybridized carbons (Fsp3) is 0.176. The third-order valence-electron chi connectivity index (χ3n) is 3.04. The number of rotatable bonds is 6. The maximum absolute atomic E-state index is 11.9. The molecule has 4 N–H and O–H groups in total. The van der Waals surface area contributed by atoms with Crippen LogP contribution in [0.2, 0.25) is 0 Å². The Morgan fingerprint density at radius 2 is 1.87 bits per heavy atom. The second-order valence-corrected chi connectivity index (χ2v) is 6.29. The molecule has 0 bridgehead atoms. The molecular weight excluding hydrogens is 310 g/mol. The summed E-state index contributed by atoms with van der Waals surface area (Å²) in [4.78, 5) is 11.9. The first-order valence-electron chi connectivity index (χ1n) is 7.13. The van der Waals surface area contributed by atoms with E-state index in [1.807, 2.05) is 30.3 Å². The van der Waals surface area contributed by atoms with Crippen LogP contribution < -0.4 is 15.8 Å². The Hall–Kier alpha value is -2.47. The highest BCUT2D eigenvalue weighted by Gasteiger charge is 2.14. The van der Waals surface area contributed by atoms with Crippen molar-refractivity contribution in [1.29, 1.82) is 5.41 Å². The molecule has 0 radical (unpaired) electrons. The van der Waals surface area contributed by atoms with Gasteiger partial charge in [0.25, 0.3) is 0 Å². The SMILES string of the molecule is C[C@H](SC(=N)N)C(=O)Nc1ccc(OCc2ccccc2)cc1. The van der Waals surface area contributed by atoms with Crippen LogP contribution in [0.3, 0.4) is 0 Å². The molecule has 1 atom stereocenters. The predicted molar refractivity (Wildman–Crippen MR) is 94.8 cm³/mol. The molecule has 0 aliphatic carbocycles. The van der Waals surface area contributed by atoms with Gasteiger partial charge in [-0.1, -0.05) is 42.1 Å². The van der Waals surface area contributed by atoms with Crippen LogP contribution in [0.1, 0.15) is 12.5 Å². The van der Waals surface area contributed by atoms with Crippen molar-refractivity contribution in [1.82, 2.24) is 0 Å². The van der Waals surface area contributed by atoms with Gasteiger partial charge < -0.3 is 15.8 Å². The first-order valence-corrected chi connectivity index (χ1v) is 8.01. The lowest BCUT2D eigenvalue weighted by atomic mass is 10.2. The fourth-order valence-corrected chi connectivity index (χ4v) is 2.41. The molecule has 0 unspecified atom stereocenters. The molecule has 0 fully saturated rings. The number of carbonyl (C=O) groups is 1. The van der Waals surface area contributed by atoms with Gasteiger partial charge in [-0.15, -0.1) is 0 Å². The third kappa shape index (κ3) is 5.67. The third-order valence-corrected chi connectivity index (χ3v) is 3.86. The molecule has 0 heterocycles. The Morgan fingerprint density at radius 3 is 2.48 bits per heavy atom. The molecule has 120 valence electrons. The summed E-state index contributed by atoms with van der Waals surface area (Å²) in [6.45, 7) is 2.21. The molecular formula is C17H19N3O2S. The predicted octanol–water partition coefficient (Wildman–Crippen LogP) is 3.22. The van der Waals surface area contributed by atoms with Crippen molar-refractivity contribution >= 4 is 28.5 Å². The number of thioether (sulfide) groups is 1. The summed E-state index contributed by atoms with van der Waals surface area (Å²) in [6.07, 6.45) is 0. The number of hydrogen-bond acceptors (Lipinski definition) is 4.